The Morgan fingerprint density at radius 1 is 0.725 bits per heavy atom. The summed E-state index contributed by atoms with van der Waals surface area (Å²) in [6, 6.07) is 39.8. The third kappa shape index (κ3) is 6.79. The number of hydrogen-bond donors (Lipinski definition) is 0. The van der Waals surface area contributed by atoms with Crippen LogP contribution in [0.25, 0.3) is 0 Å². The van der Waals surface area contributed by atoms with Gasteiger partial charge in [-0.25, -0.2) is 4.79 Å². The minimum absolute atomic E-state index is 0.327. The molecule has 0 bridgehead atoms. The first-order valence-electron chi connectivity index (χ1n) is 14.0. The van der Waals surface area contributed by atoms with Gasteiger partial charge in [-0.1, -0.05) is 103 Å². The molecule has 0 N–H and O–H groups in total. The summed E-state index contributed by atoms with van der Waals surface area (Å²) in [6.07, 6.45) is -0.142. The Balaban J connectivity index is 1.51. The monoisotopic (exact) mass is 537 g/mol. The highest BCUT2D eigenvalue weighted by Crippen LogP contribution is 2.41. The Kier molecular flexibility index (Phi) is 10.5. The standard InChI is InChI=1S/C35H39NO4/c1-4-38-33(34(37)39-5-2)27-28-21-23-32(24-22-28)40-26-25-36(3)35(29-15-9-6-10-16-29,30-17-11-7-12-18-30)31-19-13-8-14-20-31/h6-24,33H,4-5,25-27H2,1-3H3. The molecule has 1 atom stereocenters. The van der Waals surface area contributed by atoms with Gasteiger partial charge in [-0.05, 0) is 55.3 Å². The Morgan fingerprint density at radius 3 is 1.68 bits per heavy atom. The van der Waals surface area contributed by atoms with Gasteiger partial charge in [0.2, 0.25) is 0 Å². The molecule has 4 rings (SSSR count). The predicted molar refractivity (Wildman–Crippen MR) is 160 cm³/mol. The molecule has 0 radical (unpaired) electrons. The number of carbonyl (C=O) groups excluding carboxylic acids is 1. The van der Waals surface area contributed by atoms with E-state index < -0.39 is 11.6 Å². The van der Waals surface area contributed by atoms with Crippen LogP contribution in [0.4, 0.5) is 0 Å². The number of esters is 1. The smallest absolute Gasteiger partial charge is 0.335 e. The lowest BCUT2D eigenvalue weighted by Crippen LogP contribution is -2.47. The van der Waals surface area contributed by atoms with Gasteiger partial charge in [0.25, 0.3) is 0 Å². The van der Waals surface area contributed by atoms with Gasteiger partial charge >= 0.3 is 5.97 Å². The van der Waals surface area contributed by atoms with E-state index >= 15 is 0 Å². The summed E-state index contributed by atoms with van der Waals surface area (Å²) in [7, 11) is 2.16. The third-order valence-corrected chi connectivity index (χ3v) is 7.10. The molecule has 0 spiro atoms. The SMILES string of the molecule is CCOC(=O)C(Cc1ccc(OCCN(C)C(c2ccccc2)(c2ccccc2)c2ccccc2)cc1)OCC. The first-order valence-corrected chi connectivity index (χ1v) is 14.0. The normalized spacial score (nSPS) is 12.2. The number of benzene rings is 4. The second-order valence-corrected chi connectivity index (χ2v) is 9.62. The van der Waals surface area contributed by atoms with Gasteiger partial charge in [-0.3, -0.25) is 4.90 Å². The molecule has 1 unspecified atom stereocenters. The molecular weight excluding hydrogens is 498 g/mol. The van der Waals surface area contributed by atoms with Crippen molar-refractivity contribution < 1.29 is 19.0 Å². The lowest BCUT2D eigenvalue weighted by molar-refractivity contribution is -0.156. The van der Waals surface area contributed by atoms with Gasteiger partial charge in [0, 0.05) is 19.6 Å². The minimum atomic E-state index is -0.604. The van der Waals surface area contributed by atoms with Crippen molar-refractivity contribution in [1.29, 1.82) is 0 Å². The van der Waals surface area contributed by atoms with E-state index in [9.17, 15) is 4.79 Å². The van der Waals surface area contributed by atoms with Crippen molar-refractivity contribution >= 4 is 5.97 Å². The molecule has 0 aromatic heterocycles. The van der Waals surface area contributed by atoms with Gasteiger partial charge in [-0.15, -0.1) is 0 Å². The highest BCUT2D eigenvalue weighted by atomic mass is 16.6. The number of carbonyl (C=O) groups is 1. The molecule has 0 aliphatic rings. The van der Waals surface area contributed by atoms with E-state index in [2.05, 4.69) is 103 Å². The van der Waals surface area contributed by atoms with E-state index in [1.54, 1.807) is 6.92 Å². The van der Waals surface area contributed by atoms with Gasteiger partial charge in [0.1, 0.15) is 12.4 Å². The fourth-order valence-corrected chi connectivity index (χ4v) is 5.25. The molecule has 5 nitrogen and oxygen atoms in total. The second-order valence-electron chi connectivity index (χ2n) is 9.62. The van der Waals surface area contributed by atoms with Crippen molar-refractivity contribution in [3.05, 3.63) is 138 Å². The Labute approximate surface area is 238 Å². The highest BCUT2D eigenvalue weighted by Gasteiger charge is 2.40. The molecule has 4 aromatic carbocycles. The molecule has 0 heterocycles. The lowest BCUT2D eigenvalue weighted by atomic mass is 9.76. The van der Waals surface area contributed by atoms with E-state index in [0.717, 1.165) is 11.3 Å². The topological polar surface area (TPSA) is 48.0 Å². The van der Waals surface area contributed by atoms with E-state index in [4.69, 9.17) is 14.2 Å². The van der Waals surface area contributed by atoms with Crippen LogP contribution in [0.15, 0.2) is 115 Å². The maximum absolute atomic E-state index is 12.2. The average molecular weight is 538 g/mol. The Morgan fingerprint density at radius 2 is 1.23 bits per heavy atom. The predicted octanol–water partition coefficient (Wildman–Crippen LogP) is 6.50. The molecule has 5 heteroatoms. The molecule has 4 aromatic rings. The number of rotatable bonds is 14. The molecule has 40 heavy (non-hydrogen) atoms. The van der Waals surface area contributed by atoms with Gasteiger partial charge < -0.3 is 14.2 Å². The molecule has 0 aliphatic heterocycles. The Hall–Kier alpha value is -3.93. The summed E-state index contributed by atoms with van der Waals surface area (Å²) < 4.78 is 17.0. The van der Waals surface area contributed by atoms with E-state index in [0.29, 0.717) is 32.8 Å². The molecule has 0 fully saturated rings. The first kappa shape index (κ1) is 29.1. The number of nitrogens with zero attached hydrogens (tertiary/aromatic N) is 1. The summed E-state index contributed by atoms with van der Waals surface area (Å²) >= 11 is 0. The summed E-state index contributed by atoms with van der Waals surface area (Å²) in [5.74, 6) is 0.456. The largest absolute Gasteiger partial charge is 0.492 e. The quantitative estimate of drug-likeness (QED) is 0.136. The van der Waals surface area contributed by atoms with Gasteiger partial charge in [-0.2, -0.15) is 0 Å². The fourth-order valence-electron chi connectivity index (χ4n) is 5.25. The zero-order chi connectivity index (χ0) is 28.2. The van der Waals surface area contributed by atoms with Crippen molar-refractivity contribution in [2.45, 2.75) is 31.9 Å². The van der Waals surface area contributed by atoms with Crippen molar-refractivity contribution in [3.8, 4) is 5.75 Å². The van der Waals surface area contributed by atoms with Crippen molar-refractivity contribution in [2.24, 2.45) is 0 Å². The zero-order valence-corrected chi connectivity index (χ0v) is 23.7. The van der Waals surface area contributed by atoms with Crippen LogP contribution in [-0.4, -0.2) is 50.4 Å². The highest BCUT2D eigenvalue weighted by molar-refractivity contribution is 5.75. The van der Waals surface area contributed by atoms with Gasteiger partial charge in [0.15, 0.2) is 6.10 Å². The van der Waals surface area contributed by atoms with Crippen LogP contribution in [0.3, 0.4) is 0 Å². The summed E-state index contributed by atoms with van der Waals surface area (Å²) in [5, 5.41) is 0. The van der Waals surface area contributed by atoms with E-state index in [1.165, 1.54) is 16.7 Å². The van der Waals surface area contributed by atoms with Crippen molar-refractivity contribution in [3.63, 3.8) is 0 Å². The van der Waals surface area contributed by atoms with Gasteiger partial charge in [0.05, 0.1) is 12.1 Å². The van der Waals surface area contributed by atoms with Crippen molar-refractivity contribution in [2.75, 3.05) is 33.4 Å². The van der Waals surface area contributed by atoms with Crippen LogP contribution < -0.4 is 4.74 Å². The van der Waals surface area contributed by atoms with E-state index in [1.807, 2.05) is 31.2 Å². The molecule has 0 aliphatic carbocycles. The van der Waals surface area contributed by atoms with Crippen LogP contribution in [0.5, 0.6) is 5.75 Å². The maximum Gasteiger partial charge on any atom is 0.335 e. The average Bonchev–Trinajstić information content (AvgIpc) is 3.00. The minimum Gasteiger partial charge on any atom is -0.492 e. The van der Waals surface area contributed by atoms with Crippen LogP contribution in [0, 0.1) is 0 Å². The zero-order valence-electron chi connectivity index (χ0n) is 23.7. The molecule has 208 valence electrons. The molecule has 0 saturated heterocycles. The molecule has 0 saturated carbocycles. The molecule has 0 amide bonds. The first-order chi connectivity index (χ1) is 19.6. The fraction of sp³-hybridized carbons (Fsp3) is 0.286. The van der Waals surface area contributed by atoms with Crippen LogP contribution in [0.2, 0.25) is 0 Å². The van der Waals surface area contributed by atoms with Crippen LogP contribution >= 0.6 is 0 Å². The van der Waals surface area contributed by atoms with Crippen molar-refractivity contribution in [1.82, 2.24) is 4.90 Å². The van der Waals surface area contributed by atoms with Crippen LogP contribution in [-0.2, 0) is 26.2 Å². The Bertz CT molecular complexity index is 1200. The maximum atomic E-state index is 12.2. The summed E-state index contributed by atoms with van der Waals surface area (Å²) in [4.78, 5) is 14.6. The summed E-state index contributed by atoms with van der Waals surface area (Å²) in [5.41, 5.74) is 4.10. The second kappa shape index (κ2) is 14.5. The van der Waals surface area contributed by atoms with Crippen LogP contribution in [0.1, 0.15) is 36.1 Å². The number of ether oxygens (including phenoxy) is 3. The number of hydrogen-bond acceptors (Lipinski definition) is 5. The number of likely N-dealkylation sites (N-methyl/N-ethyl adjacent to an activating group) is 1. The lowest BCUT2D eigenvalue weighted by Gasteiger charge is -2.43. The van der Waals surface area contributed by atoms with E-state index in [-0.39, 0.29) is 5.97 Å². The molecular formula is C35H39NO4. The third-order valence-electron chi connectivity index (χ3n) is 7.10. The summed E-state index contributed by atoms with van der Waals surface area (Å²) in [6.45, 7) is 5.67.